The van der Waals surface area contributed by atoms with E-state index in [1.807, 2.05) is 22.7 Å². The molecule has 4 heterocycles. The minimum absolute atomic E-state index is 0.0192. The molecule has 11 heteroatoms. The smallest absolute Gasteiger partial charge is 0.297 e. The van der Waals surface area contributed by atoms with Crippen LogP contribution in [0.15, 0.2) is 17.5 Å². The van der Waals surface area contributed by atoms with Crippen molar-refractivity contribution >= 4 is 34.2 Å². The summed E-state index contributed by atoms with van der Waals surface area (Å²) in [4.78, 5) is 39.8. The van der Waals surface area contributed by atoms with E-state index < -0.39 is 11.5 Å². The zero-order valence-corrected chi connectivity index (χ0v) is 22.7. The van der Waals surface area contributed by atoms with Crippen LogP contribution in [-0.2, 0) is 25.7 Å². The lowest BCUT2D eigenvalue weighted by atomic mass is 9.90. The number of pyridine rings is 1. The average Bonchev–Trinajstić information content (AvgIpc) is 3.77. The zero-order valence-electron chi connectivity index (χ0n) is 22.7. The molecule has 3 fully saturated rings. The van der Waals surface area contributed by atoms with Gasteiger partial charge in [0.05, 0.1) is 29.4 Å². The Morgan fingerprint density at radius 3 is 2.36 bits per heavy atom. The van der Waals surface area contributed by atoms with Crippen LogP contribution in [0.3, 0.4) is 0 Å². The van der Waals surface area contributed by atoms with Crippen molar-refractivity contribution in [2.24, 2.45) is 10.9 Å². The second-order valence-electron chi connectivity index (χ2n) is 11.4. The summed E-state index contributed by atoms with van der Waals surface area (Å²) in [6, 6.07) is 0.444. The van der Waals surface area contributed by atoms with Crippen LogP contribution in [0.1, 0.15) is 83.1 Å². The van der Waals surface area contributed by atoms with Gasteiger partial charge < -0.3 is 25.5 Å². The Morgan fingerprint density at radius 2 is 1.74 bits per heavy atom. The van der Waals surface area contributed by atoms with E-state index in [2.05, 4.69) is 15.6 Å². The maximum atomic E-state index is 14.3. The van der Waals surface area contributed by atoms with E-state index in [1.165, 1.54) is 0 Å². The van der Waals surface area contributed by atoms with Crippen molar-refractivity contribution in [3.63, 3.8) is 0 Å². The first kappa shape index (κ1) is 26.0. The Morgan fingerprint density at radius 1 is 1.08 bits per heavy atom. The molecule has 210 valence electrons. The summed E-state index contributed by atoms with van der Waals surface area (Å²) in [7, 11) is 0. The van der Waals surface area contributed by atoms with Crippen molar-refractivity contribution in [3.8, 4) is 0 Å². The molecule has 1 saturated heterocycles. The van der Waals surface area contributed by atoms with Crippen LogP contribution in [0, 0.1) is 0 Å². The molecule has 11 nitrogen and oxygen atoms in total. The van der Waals surface area contributed by atoms with E-state index in [0.717, 1.165) is 80.9 Å². The number of carbonyl (C=O) groups excluding carboxylic acids is 2. The van der Waals surface area contributed by atoms with Crippen molar-refractivity contribution in [1.29, 1.82) is 0 Å². The third-order valence-corrected chi connectivity index (χ3v) is 8.99. The number of primary amides is 1. The van der Waals surface area contributed by atoms with E-state index in [9.17, 15) is 9.59 Å². The van der Waals surface area contributed by atoms with E-state index in [1.54, 1.807) is 6.20 Å². The van der Waals surface area contributed by atoms with Gasteiger partial charge in [-0.05, 0) is 45.4 Å². The van der Waals surface area contributed by atoms with Crippen LogP contribution in [0.4, 0.5) is 5.69 Å². The van der Waals surface area contributed by atoms with Crippen LogP contribution in [0.2, 0.25) is 0 Å². The number of fused-ring (bicyclic) bond motifs is 1. The van der Waals surface area contributed by atoms with Gasteiger partial charge in [-0.15, -0.1) is 0 Å². The van der Waals surface area contributed by atoms with Crippen molar-refractivity contribution in [3.05, 3.63) is 18.0 Å². The highest BCUT2D eigenvalue weighted by Crippen LogP contribution is 2.39. The maximum Gasteiger partial charge on any atom is 0.297 e. The quantitative estimate of drug-likeness (QED) is 0.494. The second kappa shape index (κ2) is 10.7. The molecule has 0 radical (unpaired) electrons. The van der Waals surface area contributed by atoms with Crippen LogP contribution in [0.25, 0.3) is 11.0 Å². The number of anilines is 1. The number of aromatic nitrogens is 3. The van der Waals surface area contributed by atoms with Gasteiger partial charge in [-0.1, -0.05) is 30.8 Å². The Bertz CT molecular complexity index is 1240. The number of rotatable bonds is 8. The summed E-state index contributed by atoms with van der Waals surface area (Å²) in [6.45, 7) is 4.10. The van der Waals surface area contributed by atoms with Gasteiger partial charge in [-0.2, -0.15) is 5.10 Å². The molecule has 0 aromatic carbocycles. The minimum atomic E-state index is -1.85. The fourth-order valence-corrected chi connectivity index (χ4v) is 6.81. The predicted molar refractivity (Wildman–Crippen MR) is 146 cm³/mol. The molecule has 2 aromatic heterocycles. The first-order valence-electron chi connectivity index (χ1n) is 14.6. The molecule has 1 atom stereocenters. The molecule has 2 aliphatic carbocycles. The zero-order chi connectivity index (χ0) is 27.0. The Kier molecular flexibility index (Phi) is 7.18. The van der Waals surface area contributed by atoms with Crippen LogP contribution in [0.5, 0.6) is 0 Å². The second-order valence-corrected chi connectivity index (χ2v) is 11.4. The SMILES string of the molecule is CCn1ncc2c(NC3CCOCC3)c(C3=NOC(C(N)=O)(C(=O)N(C4CCCC4)C4CCCC4)C3)cnc21. The molecule has 6 rings (SSSR count). The highest BCUT2D eigenvalue weighted by atomic mass is 16.7. The number of amides is 2. The lowest BCUT2D eigenvalue weighted by Crippen LogP contribution is -2.61. The fraction of sp³-hybridized carbons (Fsp3) is 0.679. The Balaban J connectivity index is 1.35. The van der Waals surface area contributed by atoms with Gasteiger partial charge in [0.1, 0.15) is 0 Å². The maximum absolute atomic E-state index is 14.3. The average molecular weight is 538 g/mol. The molecule has 2 aromatic rings. The lowest BCUT2D eigenvalue weighted by molar-refractivity contribution is -0.167. The molecular formula is C28H39N7O4. The van der Waals surface area contributed by atoms with E-state index in [4.69, 9.17) is 20.3 Å². The number of aryl methyl sites for hydroxylation is 1. The van der Waals surface area contributed by atoms with Crippen molar-refractivity contribution < 1.29 is 19.2 Å². The number of ether oxygens (including phenoxy) is 1. The lowest BCUT2D eigenvalue weighted by Gasteiger charge is -2.38. The summed E-state index contributed by atoms with van der Waals surface area (Å²) in [5.74, 6) is -1.13. The van der Waals surface area contributed by atoms with Gasteiger partial charge in [0.2, 0.25) is 0 Å². The Labute approximate surface area is 228 Å². The standard InChI is InChI=1S/C28H39N7O4/c1-2-34-25-22(17-31-34)24(32-18-11-13-38-14-12-18)21(16-30-25)23-15-28(26(29)36,39-33-23)27(37)35(19-7-3-4-8-19)20-9-5-6-10-20/h16-20H,2-15H2,1H3,(H2,29,36)(H,30,32). The first-order chi connectivity index (χ1) is 19.0. The van der Waals surface area contributed by atoms with Crippen LogP contribution >= 0.6 is 0 Å². The van der Waals surface area contributed by atoms with E-state index >= 15 is 0 Å². The molecule has 0 spiro atoms. The fourth-order valence-electron chi connectivity index (χ4n) is 6.81. The first-order valence-corrected chi connectivity index (χ1v) is 14.6. The molecule has 2 amide bonds. The molecule has 1 unspecified atom stereocenters. The number of carbonyl (C=O) groups is 2. The van der Waals surface area contributed by atoms with Gasteiger partial charge in [0, 0.05) is 49.6 Å². The van der Waals surface area contributed by atoms with E-state index in [-0.39, 0.29) is 30.5 Å². The van der Waals surface area contributed by atoms with E-state index in [0.29, 0.717) is 31.0 Å². The number of hydrogen-bond donors (Lipinski definition) is 2. The van der Waals surface area contributed by atoms with Crippen molar-refractivity contribution in [2.45, 2.75) is 108 Å². The predicted octanol–water partition coefficient (Wildman–Crippen LogP) is 3.10. The third kappa shape index (κ3) is 4.64. The number of nitrogens with two attached hydrogens (primary N) is 1. The molecular weight excluding hydrogens is 498 g/mol. The van der Waals surface area contributed by atoms with Crippen LogP contribution < -0.4 is 11.1 Å². The van der Waals surface area contributed by atoms with Gasteiger partial charge in [0.15, 0.2) is 5.65 Å². The number of oxime groups is 1. The molecule has 3 N–H and O–H groups in total. The summed E-state index contributed by atoms with van der Waals surface area (Å²) in [5, 5.41) is 13.4. The topological polar surface area (TPSA) is 137 Å². The number of hydrogen-bond acceptors (Lipinski definition) is 8. The number of nitrogens with one attached hydrogen (secondary N) is 1. The third-order valence-electron chi connectivity index (χ3n) is 8.99. The summed E-state index contributed by atoms with van der Waals surface area (Å²) in [5.41, 5.74) is 6.92. The molecule has 4 aliphatic rings. The van der Waals surface area contributed by atoms with Crippen LogP contribution in [-0.4, -0.2) is 74.1 Å². The van der Waals surface area contributed by atoms with Crippen molar-refractivity contribution in [2.75, 3.05) is 18.5 Å². The van der Waals surface area contributed by atoms with Gasteiger partial charge >= 0.3 is 0 Å². The normalized spacial score (nSPS) is 24.7. The summed E-state index contributed by atoms with van der Waals surface area (Å²) in [6.07, 6.45) is 13.4. The molecule has 39 heavy (non-hydrogen) atoms. The summed E-state index contributed by atoms with van der Waals surface area (Å²) < 4.78 is 7.40. The molecule has 2 saturated carbocycles. The summed E-state index contributed by atoms with van der Waals surface area (Å²) >= 11 is 0. The Hall–Kier alpha value is -3.21. The molecule has 0 bridgehead atoms. The monoisotopic (exact) mass is 537 g/mol. The molecule has 2 aliphatic heterocycles. The van der Waals surface area contributed by atoms with Gasteiger partial charge in [-0.3, -0.25) is 9.59 Å². The highest BCUT2D eigenvalue weighted by molar-refractivity contribution is 6.18. The number of nitrogens with zero attached hydrogens (tertiary/aromatic N) is 5. The highest BCUT2D eigenvalue weighted by Gasteiger charge is 2.56. The largest absolute Gasteiger partial charge is 0.381 e. The van der Waals surface area contributed by atoms with Gasteiger partial charge in [0.25, 0.3) is 17.4 Å². The minimum Gasteiger partial charge on any atom is -0.381 e. The van der Waals surface area contributed by atoms with Crippen molar-refractivity contribution in [1.82, 2.24) is 19.7 Å². The van der Waals surface area contributed by atoms with Gasteiger partial charge in [-0.25, -0.2) is 9.67 Å².